The lowest BCUT2D eigenvalue weighted by Crippen LogP contribution is -2.51. The van der Waals surface area contributed by atoms with Crippen molar-refractivity contribution in [2.24, 2.45) is 5.92 Å². The van der Waals surface area contributed by atoms with Crippen LogP contribution in [0.4, 0.5) is 5.69 Å². The highest BCUT2D eigenvalue weighted by Gasteiger charge is 2.37. The van der Waals surface area contributed by atoms with E-state index >= 15 is 0 Å². The van der Waals surface area contributed by atoms with Crippen LogP contribution < -0.4 is 15.5 Å². The van der Waals surface area contributed by atoms with Crippen LogP contribution in [0, 0.1) is 5.92 Å². The molecule has 0 unspecified atom stereocenters. The molecule has 2 rings (SSSR count). The van der Waals surface area contributed by atoms with E-state index in [0.29, 0.717) is 17.4 Å². The van der Waals surface area contributed by atoms with Crippen LogP contribution >= 0.6 is 12.2 Å². The Balaban J connectivity index is 2.18. The number of hydrogen-bond acceptors (Lipinski definition) is 4. The summed E-state index contributed by atoms with van der Waals surface area (Å²) in [5.41, 5.74) is 2.74. The molecule has 6 heteroatoms. The number of unbranched alkanes of at least 4 members (excludes halogenated alkanes) is 2. The summed E-state index contributed by atoms with van der Waals surface area (Å²) >= 11 is 5.28. The molecule has 1 aliphatic rings. The second-order valence-electron chi connectivity index (χ2n) is 6.72. The molecule has 148 valence electrons. The lowest BCUT2D eigenvalue weighted by molar-refractivity contribution is -0.148. The van der Waals surface area contributed by atoms with Crippen LogP contribution in [0.25, 0.3) is 0 Å². The molecule has 0 spiro atoms. The molecule has 5 nitrogen and oxygen atoms in total. The predicted octanol–water partition coefficient (Wildman–Crippen LogP) is 3.91. The Kier molecular flexibility index (Phi) is 8.10. The van der Waals surface area contributed by atoms with Gasteiger partial charge in [0.15, 0.2) is 5.11 Å². The Morgan fingerprint density at radius 1 is 1.19 bits per heavy atom. The van der Waals surface area contributed by atoms with E-state index in [9.17, 15) is 4.79 Å². The summed E-state index contributed by atoms with van der Waals surface area (Å²) in [6.45, 7) is 12.8. The number of ether oxygens (including phenoxy) is 1. The fourth-order valence-corrected chi connectivity index (χ4v) is 3.59. The molecule has 0 bridgehead atoms. The molecule has 0 saturated carbocycles. The molecule has 0 aromatic heterocycles. The normalized spacial score (nSPS) is 19.2. The molecule has 2 N–H and O–H groups in total. The summed E-state index contributed by atoms with van der Waals surface area (Å²) < 4.78 is 5.51. The molecule has 1 fully saturated rings. The van der Waals surface area contributed by atoms with E-state index in [-0.39, 0.29) is 12.0 Å². The molecule has 0 amide bonds. The molecule has 1 aromatic rings. The summed E-state index contributed by atoms with van der Waals surface area (Å²) in [6, 6.07) is 7.98. The number of carbonyl (C=O) groups is 1. The number of esters is 1. The SMILES string of the molecule is C=C1NC(=S)N[C@H](c2ccc(N(CC)CC)cc2)[C@@H]1C(=O)OCCCCC. The van der Waals surface area contributed by atoms with E-state index in [1.54, 1.807) is 0 Å². The smallest absolute Gasteiger partial charge is 0.317 e. The summed E-state index contributed by atoms with van der Waals surface area (Å²) in [4.78, 5) is 15.0. The minimum atomic E-state index is -0.516. The van der Waals surface area contributed by atoms with Crippen molar-refractivity contribution in [3.8, 4) is 0 Å². The maximum Gasteiger partial charge on any atom is 0.317 e. The van der Waals surface area contributed by atoms with Crippen LogP contribution in [0.1, 0.15) is 51.6 Å². The summed E-state index contributed by atoms with van der Waals surface area (Å²) in [6.07, 6.45) is 3.02. The first-order chi connectivity index (χ1) is 13.0. The summed E-state index contributed by atoms with van der Waals surface area (Å²) in [5, 5.41) is 6.67. The first-order valence-corrected chi connectivity index (χ1v) is 10.2. The zero-order chi connectivity index (χ0) is 19.8. The fourth-order valence-electron chi connectivity index (χ4n) is 3.34. The van der Waals surface area contributed by atoms with E-state index in [0.717, 1.165) is 43.6 Å². The van der Waals surface area contributed by atoms with E-state index in [4.69, 9.17) is 17.0 Å². The number of benzene rings is 1. The molecule has 0 aliphatic carbocycles. The minimum absolute atomic E-state index is 0.267. The predicted molar refractivity (Wildman–Crippen MR) is 115 cm³/mol. The Morgan fingerprint density at radius 2 is 1.85 bits per heavy atom. The van der Waals surface area contributed by atoms with E-state index in [1.165, 1.54) is 0 Å². The van der Waals surface area contributed by atoms with Gasteiger partial charge < -0.3 is 20.3 Å². The van der Waals surface area contributed by atoms with Crippen LogP contribution in [0.15, 0.2) is 36.5 Å². The zero-order valence-corrected chi connectivity index (χ0v) is 17.4. The topological polar surface area (TPSA) is 53.6 Å². The van der Waals surface area contributed by atoms with Crippen LogP contribution in [-0.2, 0) is 9.53 Å². The van der Waals surface area contributed by atoms with Crippen LogP contribution in [-0.4, -0.2) is 30.8 Å². The van der Waals surface area contributed by atoms with Gasteiger partial charge in [-0.3, -0.25) is 4.79 Å². The Hall–Kier alpha value is -2.08. The van der Waals surface area contributed by atoms with Gasteiger partial charge in [0.05, 0.1) is 12.6 Å². The maximum absolute atomic E-state index is 12.7. The molecule has 1 aromatic carbocycles. The highest BCUT2D eigenvalue weighted by molar-refractivity contribution is 7.80. The molecule has 1 aliphatic heterocycles. The van der Waals surface area contributed by atoms with Crippen LogP contribution in [0.3, 0.4) is 0 Å². The van der Waals surface area contributed by atoms with E-state index < -0.39 is 5.92 Å². The van der Waals surface area contributed by atoms with Crippen molar-refractivity contribution in [3.63, 3.8) is 0 Å². The van der Waals surface area contributed by atoms with Gasteiger partial charge in [0.1, 0.15) is 5.92 Å². The fraction of sp³-hybridized carbons (Fsp3) is 0.524. The van der Waals surface area contributed by atoms with Gasteiger partial charge in [0.2, 0.25) is 0 Å². The highest BCUT2D eigenvalue weighted by Crippen LogP contribution is 2.31. The number of rotatable bonds is 9. The second-order valence-corrected chi connectivity index (χ2v) is 7.13. The number of anilines is 1. The molecule has 0 radical (unpaired) electrons. The third-order valence-electron chi connectivity index (χ3n) is 4.90. The molecule has 1 saturated heterocycles. The average Bonchev–Trinajstić information content (AvgIpc) is 2.66. The first kappa shape index (κ1) is 21.2. The molecular formula is C21H31N3O2S. The number of thiocarbonyl (C=S) groups is 1. The van der Waals surface area contributed by atoms with Crippen molar-refractivity contribution in [1.82, 2.24) is 10.6 Å². The van der Waals surface area contributed by atoms with Crippen LogP contribution in [0.5, 0.6) is 0 Å². The van der Waals surface area contributed by atoms with Crippen molar-refractivity contribution in [1.29, 1.82) is 0 Å². The van der Waals surface area contributed by atoms with E-state index in [2.05, 4.69) is 55.0 Å². The molecular weight excluding hydrogens is 358 g/mol. The number of hydrogen-bond donors (Lipinski definition) is 2. The highest BCUT2D eigenvalue weighted by atomic mass is 32.1. The van der Waals surface area contributed by atoms with Gasteiger partial charge in [-0.2, -0.15) is 0 Å². The Bertz CT molecular complexity index is 656. The van der Waals surface area contributed by atoms with Gasteiger partial charge in [0.25, 0.3) is 0 Å². The third kappa shape index (κ3) is 5.45. The monoisotopic (exact) mass is 389 g/mol. The Morgan fingerprint density at radius 3 is 2.44 bits per heavy atom. The number of nitrogens with zero attached hydrogens (tertiary/aromatic N) is 1. The molecule has 27 heavy (non-hydrogen) atoms. The van der Waals surface area contributed by atoms with E-state index in [1.807, 2.05) is 12.1 Å². The summed E-state index contributed by atoms with van der Waals surface area (Å²) in [7, 11) is 0. The quantitative estimate of drug-likeness (QED) is 0.379. The molecule has 2 atom stereocenters. The van der Waals surface area contributed by atoms with Crippen molar-refractivity contribution in [3.05, 3.63) is 42.1 Å². The van der Waals surface area contributed by atoms with Gasteiger partial charge in [0, 0.05) is 24.5 Å². The van der Waals surface area contributed by atoms with Gasteiger partial charge in [-0.05, 0) is 50.2 Å². The molecule has 1 heterocycles. The maximum atomic E-state index is 12.7. The number of nitrogens with one attached hydrogen (secondary N) is 2. The van der Waals surface area contributed by atoms with Crippen molar-refractivity contribution < 1.29 is 9.53 Å². The second kappa shape index (κ2) is 10.3. The largest absolute Gasteiger partial charge is 0.465 e. The standard InChI is InChI=1S/C21H31N3O2S/c1-5-8-9-14-26-20(25)18-15(4)22-21(27)23-19(18)16-10-12-17(13-11-16)24(6-2)7-3/h10-13,18-19H,4-9,14H2,1-3H3,(H2,22,23,27)/t18-,19-/m1/s1. The van der Waals surface area contributed by atoms with Gasteiger partial charge in [-0.25, -0.2) is 0 Å². The zero-order valence-electron chi connectivity index (χ0n) is 16.6. The van der Waals surface area contributed by atoms with Crippen molar-refractivity contribution >= 4 is 29.0 Å². The van der Waals surface area contributed by atoms with Crippen molar-refractivity contribution in [2.75, 3.05) is 24.6 Å². The van der Waals surface area contributed by atoms with Gasteiger partial charge in [-0.1, -0.05) is 38.5 Å². The summed E-state index contributed by atoms with van der Waals surface area (Å²) in [5.74, 6) is -0.783. The first-order valence-electron chi connectivity index (χ1n) is 9.79. The van der Waals surface area contributed by atoms with Gasteiger partial charge in [-0.15, -0.1) is 0 Å². The Labute approximate surface area is 168 Å². The third-order valence-corrected chi connectivity index (χ3v) is 5.12. The lowest BCUT2D eigenvalue weighted by atomic mass is 9.89. The van der Waals surface area contributed by atoms with Crippen molar-refractivity contribution in [2.45, 2.75) is 46.1 Å². The lowest BCUT2D eigenvalue weighted by Gasteiger charge is -2.35. The minimum Gasteiger partial charge on any atom is -0.465 e. The average molecular weight is 390 g/mol. The van der Waals surface area contributed by atoms with Gasteiger partial charge >= 0.3 is 5.97 Å². The van der Waals surface area contributed by atoms with Crippen LogP contribution in [0.2, 0.25) is 0 Å². The number of carbonyl (C=O) groups excluding carboxylic acids is 1.